The summed E-state index contributed by atoms with van der Waals surface area (Å²) < 4.78 is 35.0. The van der Waals surface area contributed by atoms with E-state index >= 15 is 0 Å². The summed E-state index contributed by atoms with van der Waals surface area (Å²) in [4.78, 5) is 14.5. The van der Waals surface area contributed by atoms with Gasteiger partial charge in [0.05, 0.1) is 17.7 Å². The Kier molecular flexibility index (Phi) is 5.53. The van der Waals surface area contributed by atoms with E-state index in [1.807, 2.05) is 18.2 Å². The Labute approximate surface area is 158 Å². The molecule has 2 aromatic rings. The van der Waals surface area contributed by atoms with E-state index in [1.54, 1.807) is 24.3 Å². The second-order valence-corrected chi connectivity index (χ2v) is 6.82. The molecule has 1 saturated heterocycles. The molecule has 0 bridgehead atoms. The topological polar surface area (TPSA) is 38.8 Å². The number of hydrogen-bond acceptors (Lipinski definition) is 5. The predicted octanol–water partition coefficient (Wildman–Crippen LogP) is 4.70. The molecule has 2 aromatic carbocycles. The highest BCUT2D eigenvalue weighted by atomic mass is 32.2. The maximum absolute atomic E-state index is 12.7. The monoisotopic (exact) mass is 393 g/mol. The number of methoxy groups -OCH3 is 1. The number of alkyl halides is 2. The van der Waals surface area contributed by atoms with Gasteiger partial charge in [-0.15, -0.1) is 0 Å². The number of anilines is 1. The molecule has 0 radical (unpaired) electrons. The van der Waals surface area contributed by atoms with Gasteiger partial charge in [-0.25, -0.2) is 0 Å². The summed E-state index contributed by atoms with van der Waals surface area (Å²) in [5, 5.41) is 0. The number of carbonyl (C=O) groups excluding carboxylic acids is 1. The Morgan fingerprint density at radius 3 is 2.54 bits per heavy atom. The molecule has 0 atom stereocenters. The van der Waals surface area contributed by atoms with Crippen LogP contribution in [0, 0.1) is 0 Å². The van der Waals surface area contributed by atoms with Crippen LogP contribution < -0.4 is 14.4 Å². The molecule has 0 saturated carbocycles. The van der Waals surface area contributed by atoms with Crippen LogP contribution in [0.15, 0.2) is 53.4 Å². The van der Waals surface area contributed by atoms with Gasteiger partial charge in [0, 0.05) is 0 Å². The summed E-state index contributed by atoms with van der Waals surface area (Å²) in [5.74, 6) is -0.188. The summed E-state index contributed by atoms with van der Waals surface area (Å²) in [6.07, 6.45) is 1.58. The number of hydrogen-bond donors (Lipinski definition) is 0. The first-order valence-corrected chi connectivity index (χ1v) is 8.68. The fourth-order valence-electron chi connectivity index (χ4n) is 2.39. The summed E-state index contributed by atoms with van der Waals surface area (Å²) in [6.45, 7) is -2.98. The molecule has 1 amide bonds. The molecular weight excluding hydrogens is 380 g/mol. The van der Waals surface area contributed by atoms with Crippen molar-refractivity contribution in [2.24, 2.45) is 0 Å². The van der Waals surface area contributed by atoms with Crippen molar-refractivity contribution in [1.29, 1.82) is 0 Å². The van der Waals surface area contributed by atoms with Gasteiger partial charge in [0.15, 0.2) is 15.8 Å². The van der Waals surface area contributed by atoms with Crippen LogP contribution in [0.4, 0.5) is 14.5 Å². The molecule has 4 nitrogen and oxygen atoms in total. The van der Waals surface area contributed by atoms with Crippen LogP contribution in [-0.2, 0) is 4.79 Å². The van der Waals surface area contributed by atoms with E-state index in [0.717, 1.165) is 11.8 Å². The number of ether oxygens (including phenoxy) is 2. The van der Waals surface area contributed by atoms with Gasteiger partial charge in [-0.3, -0.25) is 9.69 Å². The van der Waals surface area contributed by atoms with Crippen LogP contribution in [0.2, 0.25) is 0 Å². The average Bonchev–Trinajstić information content (AvgIpc) is 2.89. The van der Waals surface area contributed by atoms with Crippen LogP contribution >= 0.6 is 24.0 Å². The lowest BCUT2D eigenvalue weighted by Gasteiger charge is -2.13. The van der Waals surface area contributed by atoms with Crippen molar-refractivity contribution < 1.29 is 23.0 Å². The molecule has 134 valence electrons. The Bertz CT molecular complexity index is 872. The number of rotatable bonds is 5. The minimum atomic E-state index is -2.98. The van der Waals surface area contributed by atoms with E-state index in [0.29, 0.717) is 20.5 Å². The molecule has 1 aliphatic rings. The van der Waals surface area contributed by atoms with Crippen molar-refractivity contribution in [2.45, 2.75) is 6.61 Å². The van der Waals surface area contributed by atoms with Gasteiger partial charge in [0.2, 0.25) is 0 Å². The zero-order valence-electron chi connectivity index (χ0n) is 13.5. The van der Waals surface area contributed by atoms with Crippen molar-refractivity contribution >= 4 is 46.0 Å². The minimum absolute atomic E-state index is 0.102. The van der Waals surface area contributed by atoms with Crippen LogP contribution in [-0.4, -0.2) is 23.9 Å². The number of nitrogens with zero attached hydrogens (tertiary/aromatic N) is 1. The molecule has 0 unspecified atom stereocenters. The lowest BCUT2D eigenvalue weighted by molar-refractivity contribution is -0.113. The molecule has 3 rings (SSSR count). The molecule has 0 aromatic heterocycles. The molecule has 26 heavy (non-hydrogen) atoms. The zero-order chi connectivity index (χ0) is 18.7. The standard InChI is InChI=1S/C18H13F2NO3S2/c1-23-13-8-7-11(9-14(13)24-17(19)20)10-15-16(22)21(18(25)26-15)12-5-3-2-4-6-12/h2-10,17H,1H3/b15-10-. The Morgan fingerprint density at radius 1 is 1.15 bits per heavy atom. The van der Waals surface area contributed by atoms with Gasteiger partial charge in [-0.2, -0.15) is 8.78 Å². The first-order valence-electron chi connectivity index (χ1n) is 7.45. The number of thiocarbonyl (C=S) groups is 1. The summed E-state index contributed by atoms with van der Waals surface area (Å²) in [5.41, 5.74) is 1.20. The maximum Gasteiger partial charge on any atom is 0.387 e. The lowest BCUT2D eigenvalue weighted by atomic mass is 10.2. The minimum Gasteiger partial charge on any atom is -0.493 e. The van der Waals surface area contributed by atoms with Crippen LogP contribution in [0.1, 0.15) is 5.56 Å². The van der Waals surface area contributed by atoms with Gasteiger partial charge >= 0.3 is 6.61 Å². The van der Waals surface area contributed by atoms with Gasteiger partial charge in [-0.05, 0) is 35.9 Å². The highest BCUT2D eigenvalue weighted by molar-refractivity contribution is 8.27. The van der Waals surface area contributed by atoms with Crippen molar-refractivity contribution in [1.82, 2.24) is 0 Å². The largest absolute Gasteiger partial charge is 0.493 e. The SMILES string of the molecule is COc1ccc(/C=C2\SC(=S)N(c3ccccc3)C2=O)cc1OC(F)F. The second kappa shape index (κ2) is 7.84. The Hall–Kier alpha value is -2.45. The molecule has 1 fully saturated rings. The molecule has 1 aliphatic heterocycles. The highest BCUT2D eigenvalue weighted by Gasteiger charge is 2.33. The third kappa shape index (κ3) is 3.86. The Balaban J connectivity index is 1.91. The third-order valence-electron chi connectivity index (χ3n) is 3.51. The van der Waals surface area contributed by atoms with Gasteiger partial charge in [-0.1, -0.05) is 48.2 Å². The zero-order valence-corrected chi connectivity index (χ0v) is 15.2. The first kappa shape index (κ1) is 18.3. The van der Waals surface area contributed by atoms with E-state index in [4.69, 9.17) is 17.0 Å². The van der Waals surface area contributed by atoms with E-state index < -0.39 is 6.61 Å². The fraction of sp³-hybridized carbons (Fsp3) is 0.111. The lowest BCUT2D eigenvalue weighted by Crippen LogP contribution is -2.27. The molecule has 1 heterocycles. The highest BCUT2D eigenvalue weighted by Crippen LogP contribution is 2.37. The average molecular weight is 393 g/mol. The molecule has 0 N–H and O–H groups in total. The molecule has 0 aliphatic carbocycles. The van der Waals surface area contributed by atoms with E-state index in [2.05, 4.69) is 4.74 Å². The van der Waals surface area contributed by atoms with E-state index in [1.165, 1.54) is 24.1 Å². The number of benzene rings is 2. The number of amides is 1. The number of carbonyl (C=O) groups is 1. The Morgan fingerprint density at radius 2 is 1.88 bits per heavy atom. The van der Waals surface area contributed by atoms with Crippen molar-refractivity contribution in [3.8, 4) is 11.5 Å². The molecule has 0 spiro atoms. The summed E-state index contributed by atoms with van der Waals surface area (Å²) >= 11 is 6.45. The predicted molar refractivity (Wildman–Crippen MR) is 102 cm³/mol. The summed E-state index contributed by atoms with van der Waals surface area (Å²) in [6, 6.07) is 13.6. The summed E-state index contributed by atoms with van der Waals surface area (Å²) in [7, 11) is 1.36. The number of halogens is 2. The quantitative estimate of drug-likeness (QED) is 0.544. The van der Waals surface area contributed by atoms with Crippen molar-refractivity contribution in [2.75, 3.05) is 12.0 Å². The van der Waals surface area contributed by atoms with E-state index in [9.17, 15) is 13.6 Å². The van der Waals surface area contributed by atoms with Crippen LogP contribution in [0.5, 0.6) is 11.5 Å². The number of thioether (sulfide) groups is 1. The van der Waals surface area contributed by atoms with Gasteiger partial charge < -0.3 is 9.47 Å². The maximum atomic E-state index is 12.7. The normalized spacial score (nSPS) is 15.8. The fourth-order valence-corrected chi connectivity index (χ4v) is 3.69. The van der Waals surface area contributed by atoms with Crippen LogP contribution in [0.3, 0.4) is 0 Å². The number of para-hydroxylation sites is 1. The first-order chi connectivity index (χ1) is 12.5. The van der Waals surface area contributed by atoms with Gasteiger partial charge in [0.25, 0.3) is 5.91 Å². The smallest absolute Gasteiger partial charge is 0.387 e. The van der Waals surface area contributed by atoms with E-state index in [-0.39, 0.29) is 17.4 Å². The second-order valence-electron chi connectivity index (χ2n) is 5.14. The third-order valence-corrected chi connectivity index (χ3v) is 4.81. The molecular formula is C18H13F2NO3S2. The van der Waals surface area contributed by atoms with Crippen LogP contribution in [0.25, 0.3) is 6.08 Å². The van der Waals surface area contributed by atoms with Crippen molar-refractivity contribution in [3.63, 3.8) is 0 Å². The van der Waals surface area contributed by atoms with Crippen molar-refractivity contribution in [3.05, 3.63) is 59.0 Å². The molecule has 8 heteroatoms. The van der Waals surface area contributed by atoms with Gasteiger partial charge in [0.1, 0.15) is 0 Å².